The van der Waals surface area contributed by atoms with Crippen LogP contribution in [0.4, 0.5) is 0 Å². The molecule has 0 saturated carbocycles. The van der Waals surface area contributed by atoms with E-state index >= 15 is 0 Å². The van der Waals surface area contributed by atoms with E-state index in [2.05, 4.69) is 131 Å². The van der Waals surface area contributed by atoms with E-state index in [9.17, 15) is 0 Å². The maximum Gasteiger partial charge on any atom is 0.182 e. The minimum atomic E-state index is 0.501. The van der Waals surface area contributed by atoms with Crippen molar-refractivity contribution in [3.8, 4) is 56.8 Å². The van der Waals surface area contributed by atoms with E-state index in [0.717, 1.165) is 38.9 Å². The first kappa shape index (κ1) is 29.7. The SMILES string of the molecule is c1ccc(-c2nc(-c3ccc(-c4ccc(-c5nc6ccccc6c6c7ccccc7c7ccccc7c56)cc4)cc3)nc(-c3ccccn3)n2)nc1. The zero-order valence-electron chi connectivity index (χ0n) is 27.8. The van der Waals surface area contributed by atoms with E-state index < -0.39 is 0 Å². The molecule has 0 amide bonds. The molecule has 0 spiro atoms. The third-order valence-corrected chi connectivity index (χ3v) is 9.63. The number of hydrogen-bond acceptors (Lipinski definition) is 6. The molecule has 0 fully saturated rings. The lowest BCUT2D eigenvalue weighted by Crippen LogP contribution is -2.01. The highest BCUT2D eigenvalue weighted by Crippen LogP contribution is 2.42. The molecule has 0 N–H and O–H groups in total. The first-order valence-corrected chi connectivity index (χ1v) is 17.2. The molecule has 0 atom stereocenters. The van der Waals surface area contributed by atoms with E-state index in [4.69, 9.17) is 19.9 Å². The van der Waals surface area contributed by atoms with Gasteiger partial charge in [0.1, 0.15) is 11.4 Å². The van der Waals surface area contributed by atoms with Crippen LogP contribution in [0.15, 0.2) is 170 Å². The maximum atomic E-state index is 5.31. The molecule has 4 heterocycles. The summed E-state index contributed by atoms with van der Waals surface area (Å²) in [5.74, 6) is 1.57. The Morgan fingerprint density at radius 1 is 0.288 bits per heavy atom. The van der Waals surface area contributed by atoms with Gasteiger partial charge in [0.25, 0.3) is 0 Å². The highest BCUT2D eigenvalue weighted by atomic mass is 15.1. The van der Waals surface area contributed by atoms with E-state index in [0.29, 0.717) is 28.9 Å². The summed E-state index contributed by atoms with van der Waals surface area (Å²) in [6.45, 7) is 0. The zero-order valence-corrected chi connectivity index (χ0v) is 27.8. The molecule has 0 bridgehead atoms. The molecular formula is C46H28N6. The Kier molecular flexibility index (Phi) is 7.03. The number of aromatic nitrogens is 6. The predicted octanol–water partition coefficient (Wildman–Crippen LogP) is 11.0. The fraction of sp³-hybridized carbons (Fsp3) is 0. The second kappa shape index (κ2) is 12.3. The van der Waals surface area contributed by atoms with Gasteiger partial charge in [-0.2, -0.15) is 0 Å². The first-order valence-electron chi connectivity index (χ1n) is 17.2. The average Bonchev–Trinajstić information content (AvgIpc) is 3.24. The number of para-hydroxylation sites is 1. The Bertz CT molecular complexity index is 2870. The van der Waals surface area contributed by atoms with E-state index in [1.54, 1.807) is 12.4 Å². The van der Waals surface area contributed by atoms with Crippen LogP contribution in [0.5, 0.6) is 0 Å². The van der Waals surface area contributed by atoms with Crippen LogP contribution in [-0.2, 0) is 0 Å². The number of rotatable bonds is 5. The molecule has 10 rings (SSSR count). The topological polar surface area (TPSA) is 77.3 Å². The van der Waals surface area contributed by atoms with Crippen molar-refractivity contribution >= 4 is 43.2 Å². The highest BCUT2D eigenvalue weighted by Gasteiger charge is 2.18. The Balaban J connectivity index is 1.06. The van der Waals surface area contributed by atoms with Crippen LogP contribution < -0.4 is 0 Å². The standard InChI is InChI=1S/C46H28N6/c1-3-13-35-33(11-1)34-12-2-4-14-36(34)42-41(35)37-15-5-6-16-38(37)49-43(42)31-23-19-29(20-24-31)30-21-25-32(26-22-30)44-50-45(39-17-7-9-27-47-39)52-46(51-44)40-18-8-10-28-48-40/h1-28H. The summed E-state index contributed by atoms with van der Waals surface area (Å²) in [7, 11) is 0. The average molecular weight is 665 g/mol. The van der Waals surface area contributed by atoms with Crippen LogP contribution in [-0.4, -0.2) is 29.9 Å². The molecule has 6 aromatic carbocycles. The van der Waals surface area contributed by atoms with Gasteiger partial charge in [0, 0.05) is 39.7 Å². The van der Waals surface area contributed by atoms with E-state index in [1.807, 2.05) is 36.4 Å². The summed E-state index contributed by atoms with van der Waals surface area (Å²) in [6, 6.07) is 54.3. The molecule has 6 heteroatoms. The minimum absolute atomic E-state index is 0.501. The number of fused-ring (bicyclic) bond motifs is 8. The fourth-order valence-electron chi connectivity index (χ4n) is 7.19. The molecule has 52 heavy (non-hydrogen) atoms. The molecule has 0 aliphatic rings. The van der Waals surface area contributed by atoms with Gasteiger partial charge in [-0.25, -0.2) is 19.9 Å². The molecule has 10 aromatic rings. The normalized spacial score (nSPS) is 11.5. The van der Waals surface area contributed by atoms with Gasteiger partial charge in [-0.3, -0.25) is 9.97 Å². The number of hydrogen-bond donors (Lipinski definition) is 0. The van der Waals surface area contributed by atoms with Crippen molar-refractivity contribution in [2.45, 2.75) is 0 Å². The lowest BCUT2D eigenvalue weighted by molar-refractivity contribution is 1.05. The largest absolute Gasteiger partial charge is 0.253 e. The van der Waals surface area contributed by atoms with Crippen LogP contribution in [0.1, 0.15) is 0 Å². The Hall–Kier alpha value is -7.18. The van der Waals surface area contributed by atoms with Gasteiger partial charge >= 0.3 is 0 Å². The number of nitrogens with zero attached hydrogens (tertiary/aromatic N) is 6. The molecule has 0 saturated heterocycles. The van der Waals surface area contributed by atoms with Crippen molar-refractivity contribution in [2.24, 2.45) is 0 Å². The summed E-state index contributed by atoms with van der Waals surface area (Å²) < 4.78 is 0. The van der Waals surface area contributed by atoms with Crippen molar-refractivity contribution in [3.63, 3.8) is 0 Å². The second-order valence-electron chi connectivity index (χ2n) is 12.7. The molecule has 0 unspecified atom stereocenters. The fourth-order valence-corrected chi connectivity index (χ4v) is 7.19. The quantitative estimate of drug-likeness (QED) is 0.170. The van der Waals surface area contributed by atoms with E-state index in [1.165, 1.54) is 32.3 Å². The van der Waals surface area contributed by atoms with Crippen molar-refractivity contribution < 1.29 is 0 Å². The maximum absolute atomic E-state index is 5.31. The van der Waals surface area contributed by atoms with Crippen molar-refractivity contribution in [1.82, 2.24) is 29.9 Å². The van der Waals surface area contributed by atoms with Gasteiger partial charge < -0.3 is 0 Å². The van der Waals surface area contributed by atoms with Gasteiger partial charge in [0.05, 0.1) is 11.2 Å². The van der Waals surface area contributed by atoms with Crippen LogP contribution in [0.2, 0.25) is 0 Å². The number of benzene rings is 6. The molecule has 0 radical (unpaired) electrons. The predicted molar refractivity (Wildman–Crippen MR) is 210 cm³/mol. The molecule has 6 nitrogen and oxygen atoms in total. The summed E-state index contributed by atoms with van der Waals surface area (Å²) in [6.07, 6.45) is 3.48. The minimum Gasteiger partial charge on any atom is -0.253 e. The summed E-state index contributed by atoms with van der Waals surface area (Å²) in [5.41, 5.74) is 7.47. The van der Waals surface area contributed by atoms with Gasteiger partial charge in [-0.15, -0.1) is 0 Å². The Morgan fingerprint density at radius 3 is 1.29 bits per heavy atom. The van der Waals surface area contributed by atoms with Crippen LogP contribution in [0.3, 0.4) is 0 Å². The Labute approximate surface area is 299 Å². The number of pyridine rings is 3. The van der Waals surface area contributed by atoms with Gasteiger partial charge in [-0.1, -0.05) is 127 Å². The van der Waals surface area contributed by atoms with Gasteiger partial charge in [-0.05, 0) is 63.0 Å². The van der Waals surface area contributed by atoms with Crippen molar-refractivity contribution in [3.05, 3.63) is 170 Å². The highest BCUT2D eigenvalue weighted by molar-refractivity contribution is 6.33. The van der Waals surface area contributed by atoms with Gasteiger partial charge in [0.15, 0.2) is 17.5 Å². The van der Waals surface area contributed by atoms with Crippen LogP contribution in [0, 0.1) is 0 Å². The first-order chi connectivity index (χ1) is 25.8. The summed E-state index contributed by atoms with van der Waals surface area (Å²) in [5, 5.41) is 8.52. The van der Waals surface area contributed by atoms with Crippen molar-refractivity contribution in [1.29, 1.82) is 0 Å². The third kappa shape index (κ3) is 5.05. The van der Waals surface area contributed by atoms with Crippen molar-refractivity contribution in [2.75, 3.05) is 0 Å². The van der Waals surface area contributed by atoms with Gasteiger partial charge in [0.2, 0.25) is 0 Å². The molecule has 0 aliphatic heterocycles. The third-order valence-electron chi connectivity index (χ3n) is 9.63. The molecule has 242 valence electrons. The molecule has 4 aromatic heterocycles. The van der Waals surface area contributed by atoms with Crippen LogP contribution >= 0.6 is 0 Å². The molecule has 0 aliphatic carbocycles. The lowest BCUT2D eigenvalue weighted by Gasteiger charge is -2.16. The van der Waals surface area contributed by atoms with E-state index in [-0.39, 0.29) is 0 Å². The summed E-state index contributed by atoms with van der Waals surface area (Å²) >= 11 is 0. The zero-order chi connectivity index (χ0) is 34.4. The molecular weight excluding hydrogens is 637 g/mol. The monoisotopic (exact) mass is 664 g/mol. The smallest absolute Gasteiger partial charge is 0.182 e. The summed E-state index contributed by atoms with van der Waals surface area (Å²) in [4.78, 5) is 28.6. The second-order valence-corrected chi connectivity index (χ2v) is 12.7. The lowest BCUT2D eigenvalue weighted by atomic mass is 9.89. The van der Waals surface area contributed by atoms with Crippen LogP contribution in [0.25, 0.3) is 100 Å². The Morgan fingerprint density at radius 2 is 0.731 bits per heavy atom.